The first-order valence-electron chi connectivity index (χ1n) is 8.43. The van der Waals surface area contributed by atoms with Crippen molar-refractivity contribution in [3.8, 4) is 0 Å². The third kappa shape index (κ3) is 3.89. The summed E-state index contributed by atoms with van der Waals surface area (Å²) >= 11 is 6.23. The van der Waals surface area contributed by atoms with Crippen molar-refractivity contribution < 1.29 is 9.53 Å². The van der Waals surface area contributed by atoms with Gasteiger partial charge < -0.3 is 15.8 Å². The predicted octanol–water partition coefficient (Wildman–Crippen LogP) is 1.64. The molecule has 1 aromatic carbocycles. The van der Waals surface area contributed by atoms with Crippen molar-refractivity contribution in [2.24, 2.45) is 11.1 Å². The van der Waals surface area contributed by atoms with Gasteiger partial charge in [-0.1, -0.05) is 41.9 Å². The van der Waals surface area contributed by atoms with Crippen LogP contribution in [0.5, 0.6) is 0 Å². The number of hydrogen-bond acceptors (Lipinski definition) is 5. The zero-order valence-corrected chi connectivity index (χ0v) is 15.0. The van der Waals surface area contributed by atoms with E-state index in [0.29, 0.717) is 38.3 Å². The topological polar surface area (TPSA) is 99.2 Å². The predicted molar refractivity (Wildman–Crippen MR) is 99.2 cm³/mol. The van der Waals surface area contributed by atoms with Crippen molar-refractivity contribution in [1.29, 1.82) is 0 Å². The maximum atomic E-state index is 12.5. The Labute approximate surface area is 156 Å². The van der Waals surface area contributed by atoms with E-state index in [1.807, 2.05) is 30.3 Å². The second kappa shape index (κ2) is 7.88. The molecule has 7 nitrogen and oxygen atoms in total. The van der Waals surface area contributed by atoms with Crippen molar-refractivity contribution >= 4 is 23.2 Å². The van der Waals surface area contributed by atoms with Crippen molar-refractivity contribution in [2.45, 2.75) is 19.4 Å². The number of anilines is 1. The minimum atomic E-state index is -0.708. The summed E-state index contributed by atoms with van der Waals surface area (Å²) in [6.45, 7) is 1.59. The summed E-state index contributed by atoms with van der Waals surface area (Å²) < 4.78 is 6.62. The fraction of sp³-hybridized carbons (Fsp3) is 0.389. The summed E-state index contributed by atoms with van der Waals surface area (Å²) in [5, 5.41) is 7.30. The van der Waals surface area contributed by atoms with Crippen LogP contribution in [0.3, 0.4) is 0 Å². The van der Waals surface area contributed by atoms with Gasteiger partial charge >= 0.3 is 0 Å². The van der Waals surface area contributed by atoms with Gasteiger partial charge in [0.15, 0.2) is 0 Å². The van der Waals surface area contributed by atoms with Crippen molar-refractivity contribution in [3.05, 3.63) is 57.5 Å². The highest BCUT2D eigenvalue weighted by molar-refractivity contribution is 6.32. The molecule has 0 unspecified atom stereocenters. The molecule has 138 valence electrons. The quantitative estimate of drug-likeness (QED) is 0.798. The SMILES string of the molecule is NC(=O)C1(CNc2cnn(Cc3ccccc3)c(=O)c2Cl)CCOCC1. The van der Waals surface area contributed by atoms with Gasteiger partial charge in [-0.15, -0.1) is 0 Å². The molecule has 0 aliphatic carbocycles. The monoisotopic (exact) mass is 376 g/mol. The standard InChI is InChI=1S/C18H21ClN4O3/c19-15-14(21-12-18(17(20)25)6-8-26-9-7-18)10-22-23(16(15)24)11-13-4-2-1-3-5-13/h1-5,10,21H,6-9,11-12H2,(H2,20,25). The number of amides is 1. The molecular formula is C18H21ClN4O3. The van der Waals surface area contributed by atoms with Gasteiger partial charge in [0.25, 0.3) is 5.56 Å². The van der Waals surface area contributed by atoms with Crippen LogP contribution >= 0.6 is 11.6 Å². The maximum Gasteiger partial charge on any atom is 0.287 e. The second-order valence-corrected chi connectivity index (χ2v) is 6.81. The molecule has 0 bridgehead atoms. The number of primary amides is 1. The summed E-state index contributed by atoms with van der Waals surface area (Å²) in [5.74, 6) is -0.380. The third-order valence-corrected chi connectivity index (χ3v) is 5.12. The molecule has 1 aliphatic rings. The number of ether oxygens (including phenoxy) is 1. The summed E-state index contributed by atoms with van der Waals surface area (Å²) in [4.78, 5) is 24.4. The van der Waals surface area contributed by atoms with E-state index in [9.17, 15) is 9.59 Å². The van der Waals surface area contributed by atoms with Crippen molar-refractivity contribution in [2.75, 3.05) is 25.1 Å². The molecule has 8 heteroatoms. The molecule has 1 aromatic heterocycles. The van der Waals surface area contributed by atoms with Crippen LogP contribution in [0.1, 0.15) is 18.4 Å². The van der Waals surface area contributed by atoms with E-state index in [1.165, 1.54) is 10.9 Å². The normalized spacial score (nSPS) is 16.2. The van der Waals surface area contributed by atoms with Crippen LogP contribution in [0.25, 0.3) is 0 Å². The van der Waals surface area contributed by atoms with Gasteiger partial charge in [-0.3, -0.25) is 9.59 Å². The summed E-state index contributed by atoms with van der Waals surface area (Å²) in [6, 6.07) is 9.53. The Balaban J connectivity index is 1.76. The average molecular weight is 377 g/mol. The number of nitrogens with one attached hydrogen (secondary N) is 1. The molecule has 3 rings (SSSR count). The molecule has 2 aromatic rings. The largest absolute Gasteiger partial charge is 0.381 e. The number of benzene rings is 1. The fourth-order valence-electron chi connectivity index (χ4n) is 2.99. The molecule has 0 atom stereocenters. The molecular weight excluding hydrogens is 356 g/mol. The maximum absolute atomic E-state index is 12.5. The van der Waals surface area contributed by atoms with Crippen LogP contribution in [0, 0.1) is 5.41 Å². The lowest BCUT2D eigenvalue weighted by Crippen LogP contribution is -2.46. The highest BCUT2D eigenvalue weighted by Gasteiger charge is 2.38. The molecule has 0 saturated carbocycles. The Kier molecular flexibility index (Phi) is 5.58. The lowest BCUT2D eigenvalue weighted by Gasteiger charge is -2.34. The van der Waals surface area contributed by atoms with Gasteiger partial charge in [-0.2, -0.15) is 5.10 Å². The van der Waals surface area contributed by atoms with Crippen molar-refractivity contribution in [3.63, 3.8) is 0 Å². The summed E-state index contributed by atoms with van der Waals surface area (Å²) in [5.41, 5.74) is 5.85. The van der Waals surface area contributed by atoms with Crippen LogP contribution in [0.15, 0.2) is 41.3 Å². The first-order chi connectivity index (χ1) is 12.5. The third-order valence-electron chi connectivity index (χ3n) is 4.75. The second-order valence-electron chi connectivity index (χ2n) is 6.43. The number of nitrogens with two attached hydrogens (primary N) is 1. The first-order valence-corrected chi connectivity index (χ1v) is 8.81. The van der Waals surface area contributed by atoms with Crippen LogP contribution in [-0.2, 0) is 16.1 Å². The first kappa shape index (κ1) is 18.4. The molecule has 0 radical (unpaired) electrons. The van der Waals surface area contributed by atoms with E-state index in [4.69, 9.17) is 22.1 Å². The minimum absolute atomic E-state index is 0.0441. The number of aromatic nitrogens is 2. The number of hydrogen-bond donors (Lipinski definition) is 2. The Morgan fingerprint density at radius 3 is 2.65 bits per heavy atom. The van der Waals surface area contributed by atoms with Gasteiger partial charge in [0.2, 0.25) is 5.91 Å². The molecule has 1 saturated heterocycles. The van der Waals surface area contributed by atoms with E-state index in [-0.39, 0.29) is 23.0 Å². The number of halogens is 1. The number of carbonyl (C=O) groups excluding carboxylic acids is 1. The molecule has 3 N–H and O–H groups in total. The number of rotatable bonds is 6. The Morgan fingerprint density at radius 1 is 1.31 bits per heavy atom. The molecule has 2 heterocycles. The number of nitrogens with zero attached hydrogens (tertiary/aromatic N) is 2. The lowest BCUT2D eigenvalue weighted by molar-refractivity contribution is -0.132. The van der Waals surface area contributed by atoms with Gasteiger partial charge in [0.05, 0.1) is 23.8 Å². The Bertz CT molecular complexity index is 832. The van der Waals surface area contributed by atoms with Gasteiger partial charge in [-0.05, 0) is 18.4 Å². The smallest absolute Gasteiger partial charge is 0.287 e. The lowest BCUT2D eigenvalue weighted by atomic mass is 9.79. The number of carbonyl (C=O) groups is 1. The zero-order chi connectivity index (χ0) is 18.6. The van der Waals surface area contributed by atoms with Gasteiger partial charge in [0, 0.05) is 19.8 Å². The summed E-state index contributed by atoms with van der Waals surface area (Å²) in [6.07, 6.45) is 2.57. The molecule has 0 spiro atoms. The zero-order valence-electron chi connectivity index (χ0n) is 14.3. The van der Waals surface area contributed by atoms with E-state index < -0.39 is 5.41 Å². The van der Waals surface area contributed by atoms with Crippen molar-refractivity contribution in [1.82, 2.24) is 9.78 Å². The highest BCUT2D eigenvalue weighted by Crippen LogP contribution is 2.31. The van der Waals surface area contributed by atoms with Crippen LogP contribution in [-0.4, -0.2) is 35.4 Å². The van der Waals surface area contributed by atoms with Gasteiger partial charge in [-0.25, -0.2) is 4.68 Å². The summed E-state index contributed by atoms with van der Waals surface area (Å²) in [7, 11) is 0. The van der Waals surface area contributed by atoms with Crippen LogP contribution in [0.4, 0.5) is 5.69 Å². The minimum Gasteiger partial charge on any atom is -0.381 e. The van der Waals surface area contributed by atoms with Gasteiger partial charge in [0.1, 0.15) is 5.02 Å². The van der Waals surface area contributed by atoms with E-state index >= 15 is 0 Å². The Hall–Kier alpha value is -2.38. The van der Waals surface area contributed by atoms with Crippen LogP contribution in [0.2, 0.25) is 5.02 Å². The molecule has 1 amide bonds. The van der Waals surface area contributed by atoms with Crippen LogP contribution < -0.4 is 16.6 Å². The average Bonchev–Trinajstić information content (AvgIpc) is 2.66. The molecule has 1 fully saturated rings. The highest BCUT2D eigenvalue weighted by atomic mass is 35.5. The van der Waals surface area contributed by atoms with E-state index in [0.717, 1.165) is 5.56 Å². The molecule has 26 heavy (non-hydrogen) atoms. The van der Waals surface area contributed by atoms with E-state index in [2.05, 4.69) is 10.4 Å². The Morgan fingerprint density at radius 2 is 2.00 bits per heavy atom. The fourth-order valence-corrected chi connectivity index (χ4v) is 3.21. The van der Waals surface area contributed by atoms with E-state index in [1.54, 1.807) is 0 Å². The molecule has 1 aliphatic heterocycles.